The molecule has 1 aliphatic rings. The standard InChI is InChI=1S/C8H12N2S.2C7H10N2.C3H4N2S/c9-7-3-4-8(11-7)10-5-1-2-6-10;2*1-5-4-6(8)2-3-7(5)9;4-3-5-1-2-6-3/h3-4H,1-2,5-6,9H2;2*2-4H,8-9H2,1H3;1-2H,(H2,4,5). The molecule has 8 nitrogen and oxygen atoms in total. The first-order valence-corrected chi connectivity index (χ1v) is 12.8. The third kappa shape index (κ3) is 10.0. The lowest BCUT2D eigenvalue weighted by Crippen LogP contribution is -2.15. The third-order valence-corrected chi connectivity index (χ3v) is 6.65. The van der Waals surface area contributed by atoms with E-state index in [1.54, 1.807) is 29.7 Å². The Hall–Kier alpha value is -3.63. The molecule has 188 valence electrons. The second kappa shape index (κ2) is 13.9. The lowest BCUT2D eigenvalue weighted by atomic mass is 10.2. The van der Waals surface area contributed by atoms with Crippen LogP contribution in [0.25, 0.3) is 0 Å². The molecule has 1 saturated heterocycles. The molecule has 0 amide bonds. The van der Waals surface area contributed by atoms with Gasteiger partial charge in [0, 0.05) is 47.4 Å². The van der Waals surface area contributed by atoms with Crippen LogP contribution in [0.5, 0.6) is 0 Å². The van der Waals surface area contributed by atoms with Gasteiger partial charge in [0.25, 0.3) is 0 Å². The maximum absolute atomic E-state index is 5.64. The van der Waals surface area contributed by atoms with Crippen LogP contribution in [0.15, 0.2) is 60.1 Å². The smallest absolute Gasteiger partial charge is 0.179 e. The summed E-state index contributed by atoms with van der Waals surface area (Å²) >= 11 is 3.13. The average Bonchev–Trinajstić information content (AvgIpc) is 3.59. The van der Waals surface area contributed by atoms with Crippen molar-refractivity contribution in [2.45, 2.75) is 26.7 Å². The molecule has 0 saturated carbocycles. The van der Waals surface area contributed by atoms with E-state index >= 15 is 0 Å². The van der Waals surface area contributed by atoms with E-state index in [1.165, 1.54) is 42.3 Å². The number of thiazole rings is 1. The fourth-order valence-corrected chi connectivity index (χ4v) is 4.29. The number of hydrogen-bond donors (Lipinski definition) is 6. The first kappa shape index (κ1) is 27.6. The Bertz CT molecular complexity index is 1100. The lowest BCUT2D eigenvalue weighted by molar-refractivity contribution is 0.949. The van der Waals surface area contributed by atoms with Crippen LogP contribution >= 0.6 is 22.7 Å². The van der Waals surface area contributed by atoms with Crippen molar-refractivity contribution in [3.8, 4) is 0 Å². The minimum atomic E-state index is 0.634. The Morgan fingerprint density at radius 1 is 0.743 bits per heavy atom. The molecule has 0 unspecified atom stereocenters. The summed E-state index contributed by atoms with van der Waals surface area (Å²) < 4.78 is 0. The molecular weight excluding hydrogens is 476 g/mol. The van der Waals surface area contributed by atoms with Crippen LogP contribution in [0.3, 0.4) is 0 Å². The van der Waals surface area contributed by atoms with E-state index in [0.29, 0.717) is 5.13 Å². The molecule has 12 N–H and O–H groups in total. The van der Waals surface area contributed by atoms with Crippen molar-refractivity contribution in [2.24, 2.45) is 0 Å². The maximum atomic E-state index is 5.64. The Morgan fingerprint density at radius 3 is 1.60 bits per heavy atom. The van der Waals surface area contributed by atoms with Crippen LogP contribution in [0.1, 0.15) is 24.0 Å². The number of nitrogens with two attached hydrogens (primary N) is 6. The zero-order valence-corrected chi connectivity index (χ0v) is 21.9. The van der Waals surface area contributed by atoms with Gasteiger partial charge in [-0.25, -0.2) is 4.98 Å². The van der Waals surface area contributed by atoms with Crippen molar-refractivity contribution >= 4 is 60.6 Å². The topological polar surface area (TPSA) is 172 Å². The molecule has 1 fully saturated rings. The molecule has 35 heavy (non-hydrogen) atoms. The highest BCUT2D eigenvalue weighted by atomic mass is 32.1. The van der Waals surface area contributed by atoms with Gasteiger partial charge in [-0.1, -0.05) is 0 Å². The zero-order valence-electron chi connectivity index (χ0n) is 20.3. The van der Waals surface area contributed by atoms with E-state index in [0.717, 1.165) is 38.9 Å². The van der Waals surface area contributed by atoms with Crippen molar-refractivity contribution in [1.82, 2.24) is 4.98 Å². The van der Waals surface area contributed by atoms with Crippen LogP contribution in [0, 0.1) is 13.8 Å². The van der Waals surface area contributed by atoms with Crippen LogP contribution < -0.4 is 39.3 Å². The Morgan fingerprint density at radius 2 is 1.29 bits per heavy atom. The minimum absolute atomic E-state index is 0.634. The molecule has 0 aliphatic carbocycles. The fraction of sp³-hybridized carbons (Fsp3) is 0.240. The van der Waals surface area contributed by atoms with E-state index in [1.807, 2.05) is 49.6 Å². The van der Waals surface area contributed by atoms with Crippen molar-refractivity contribution in [2.75, 3.05) is 52.4 Å². The molecule has 0 radical (unpaired) electrons. The first-order chi connectivity index (χ1) is 16.7. The van der Waals surface area contributed by atoms with Gasteiger partial charge >= 0.3 is 0 Å². The zero-order chi connectivity index (χ0) is 25.8. The number of rotatable bonds is 1. The second-order valence-electron chi connectivity index (χ2n) is 7.97. The third-order valence-electron chi connectivity index (χ3n) is 5.07. The van der Waals surface area contributed by atoms with Gasteiger partial charge in [-0.3, -0.25) is 0 Å². The molecule has 5 rings (SSSR count). The van der Waals surface area contributed by atoms with Crippen molar-refractivity contribution < 1.29 is 0 Å². The molecule has 2 aromatic carbocycles. The number of aromatic nitrogens is 1. The quantitative estimate of drug-likeness (QED) is 0.194. The number of nitrogen functional groups attached to an aromatic ring is 6. The molecule has 1 aliphatic heterocycles. The monoisotopic (exact) mass is 512 g/mol. The number of benzene rings is 2. The minimum Gasteiger partial charge on any atom is -0.399 e. The highest BCUT2D eigenvalue weighted by Crippen LogP contribution is 2.29. The molecule has 0 atom stereocenters. The summed E-state index contributed by atoms with van der Waals surface area (Å²) in [5.41, 5.74) is 38.0. The van der Waals surface area contributed by atoms with E-state index < -0.39 is 0 Å². The van der Waals surface area contributed by atoms with E-state index in [9.17, 15) is 0 Å². The van der Waals surface area contributed by atoms with Crippen LogP contribution in [0.2, 0.25) is 0 Å². The number of hydrogen-bond acceptors (Lipinski definition) is 10. The highest BCUT2D eigenvalue weighted by molar-refractivity contribution is 7.19. The normalized spacial score (nSPS) is 11.9. The fourth-order valence-electron chi connectivity index (χ4n) is 3.08. The molecule has 3 heterocycles. The highest BCUT2D eigenvalue weighted by Gasteiger charge is 2.13. The van der Waals surface area contributed by atoms with Crippen LogP contribution in [0.4, 0.5) is 37.9 Å². The summed E-state index contributed by atoms with van der Waals surface area (Å²) in [6.07, 6.45) is 4.34. The van der Waals surface area contributed by atoms with Crippen molar-refractivity contribution in [1.29, 1.82) is 0 Å². The first-order valence-electron chi connectivity index (χ1n) is 11.1. The second-order valence-corrected chi connectivity index (χ2v) is 9.99. The Labute approximate surface area is 215 Å². The van der Waals surface area contributed by atoms with E-state index in [-0.39, 0.29) is 0 Å². The molecule has 0 bridgehead atoms. The van der Waals surface area contributed by atoms with Gasteiger partial charge in [0.2, 0.25) is 0 Å². The summed E-state index contributed by atoms with van der Waals surface area (Å²) in [5.74, 6) is 0. The summed E-state index contributed by atoms with van der Waals surface area (Å²) in [7, 11) is 0. The predicted octanol–water partition coefficient (Wildman–Crippen LogP) is 4.97. The Balaban J connectivity index is 0.000000168. The van der Waals surface area contributed by atoms with Gasteiger partial charge in [-0.05, 0) is 86.3 Å². The molecular formula is C25H36N8S2. The molecule has 2 aromatic heterocycles. The van der Waals surface area contributed by atoms with Gasteiger partial charge < -0.3 is 39.3 Å². The largest absolute Gasteiger partial charge is 0.399 e. The summed E-state index contributed by atoms with van der Waals surface area (Å²) in [6.45, 7) is 6.29. The van der Waals surface area contributed by atoms with Crippen LogP contribution in [-0.2, 0) is 0 Å². The maximum Gasteiger partial charge on any atom is 0.179 e. The number of thiophene rings is 1. The number of aryl methyl sites for hydroxylation is 2. The Kier molecular flexibility index (Phi) is 11.0. The van der Waals surface area contributed by atoms with E-state index in [2.05, 4.69) is 16.0 Å². The number of anilines is 7. The molecule has 10 heteroatoms. The van der Waals surface area contributed by atoms with E-state index in [4.69, 9.17) is 34.4 Å². The van der Waals surface area contributed by atoms with Crippen molar-refractivity contribution in [3.05, 3.63) is 71.2 Å². The van der Waals surface area contributed by atoms with Gasteiger partial charge in [-0.15, -0.1) is 22.7 Å². The molecule has 4 aromatic rings. The van der Waals surface area contributed by atoms with Gasteiger partial charge in [-0.2, -0.15) is 0 Å². The lowest BCUT2D eigenvalue weighted by Gasteiger charge is -2.13. The van der Waals surface area contributed by atoms with Gasteiger partial charge in [0.1, 0.15) is 0 Å². The summed E-state index contributed by atoms with van der Waals surface area (Å²) in [5, 5.41) is 4.73. The predicted molar refractivity (Wildman–Crippen MR) is 157 cm³/mol. The van der Waals surface area contributed by atoms with Gasteiger partial charge in [0.05, 0.1) is 10.0 Å². The van der Waals surface area contributed by atoms with Gasteiger partial charge in [0.15, 0.2) is 5.13 Å². The van der Waals surface area contributed by atoms with Crippen molar-refractivity contribution in [3.63, 3.8) is 0 Å². The summed E-state index contributed by atoms with van der Waals surface area (Å²) in [6, 6.07) is 15.0. The average molecular weight is 513 g/mol. The SMILES string of the molecule is Cc1cc(N)ccc1N.Cc1cc(N)ccc1N.Nc1ccc(N2CCCC2)s1.Nc1nccs1. The molecule has 0 spiro atoms. The summed E-state index contributed by atoms with van der Waals surface area (Å²) in [4.78, 5) is 6.12. The number of nitrogens with zero attached hydrogens (tertiary/aromatic N) is 2. The van der Waals surface area contributed by atoms with Crippen LogP contribution in [-0.4, -0.2) is 18.1 Å².